The number of carbonyl (C=O) groups is 4. The molecule has 2 heterocycles. The third kappa shape index (κ3) is 4.25. The van der Waals surface area contributed by atoms with Gasteiger partial charge in [0.25, 0.3) is 23.6 Å². The van der Waals surface area contributed by atoms with E-state index in [0.29, 0.717) is 39.7 Å². The van der Waals surface area contributed by atoms with Gasteiger partial charge in [-0.15, -0.1) is 0 Å². The fourth-order valence-electron chi connectivity index (χ4n) is 6.21. The van der Waals surface area contributed by atoms with E-state index in [4.69, 9.17) is 9.47 Å². The van der Waals surface area contributed by atoms with Gasteiger partial charge >= 0.3 is 0 Å². The van der Waals surface area contributed by atoms with Crippen molar-refractivity contribution in [3.8, 4) is 11.5 Å². The number of carbonyl (C=O) groups excluding carboxylic acids is 4. The molecule has 2 aromatic carbocycles. The monoisotopic (exact) mass is 516 g/mol. The Morgan fingerprint density at radius 3 is 1.61 bits per heavy atom. The number of hydrogen-bond acceptors (Lipinski definition) is 6. The van der Waals surface area contributed by atoms with E-state index >= 15 is 0 Å². The highest BCUT2D eigenvalue weighted by atomic mass is 16.5. The van der Waals surface area contributed by atoms with E-state index in [9.17, 15) is 19.2 Å². The van der Waals surface area contributed by atoms with Crippen molar-refractivity contribution >= 4 is 23.6 Å². The van der Waals surface area contributed by atoms with Crippen LogP contribution in [0.25, 0.3) is 0 Å². The van der Waals surface area contributed by atoms with Gasteiger partial charge in [0.1, 0.15) is 11.5 Å². The molecule has 198 valence electrons. The van der Waals surface area contributed by atoms with E-state index in [1.54, 1.807) is 36.4 Å². The third-order valence-corrected chi connectivity index (χ3v) is 8.53. The average Bonchev–Trinajstić information content (AvgIpc) is 3.29. The van der Waals surface area contributed by atoms with Crippen molar-refractivity contribution in [2.75, 3.05) is 7.05 Å². The molecule has 0 unspecified atom stereocenters. The van der Waals surface area contributed by atoms with Crippen LogP contribution in [0.1, 0.15) is 99.7 Å². The minimum absolute atomic E-state index is 0.0103. The number of ether oxygens (including phenoxy) is 2. The molecule has 8 heteroatoms. The average molecular weight is 517 g/mol. The zero-order valence-electron chi connectivity index (χ0n) is 21.8. The van der Waals surface area contributed by atoms with E-state index in [1.165, 1.54) is 11.9 Å². The molecular weight excluding hydrogens is 484 g/mol. The minimum atomic E-state index is -0.307. The minimum Gasteiger partial charge on any atom is -0.490 e. The lowest BCUT2D eigenvalue weighted by molar-refractivity contribution is 0.0531. The number of rotatable bonds is 5. The number of nitrogens with zero attached hydrogens (tertiary/aromatic N) is 2. The predicted octanol–water partition coefficient (Wildman–Crippen LogP) is 4.86. The molecule has 2 saturated carbocycles. The molecule has 0 atom stereocenters. The lowest BCUT2D eigenvalue weighted by atomic mass is 9.86. The summed E-state index contributed by atoms with van der Waals surface area (Å²) in [6.45, 7) is 2.22. The molecule has 0 spiro atoms. The quantitative estimate of drug-likeness (QED) is 0.527. The van der Waals surface area contributed by atoms with Crippen LogP contribution in [-0.2, 0) is 0 Å². The molecule has 4 aliphatic rings. The van der Waals surface area contributed by atoms with Crippen LogP contribution in [-0.4, -0.2) is 58.7 Å². The summed E-state index contributed by atoms with van der Waals surface area (Å²) in [5.41, 5.74) is 1.71. The Kier molecular flexibility index (Phi) is 6.20. The molecule has 2 aliphatic carbocycles. The standard InChI is InChI=1S/C30H32N2O6/c1-17-3-5-18(6-4-17)32-29(35)24-14-12-22(16-26(24)30(32)36)38-20-9-7-19(8-10-20)37-21-11-13-23-25(15-21)28(34)31(2)27(23)33/h11-20H,3-10H2,1-2H3. The molecule has 2 fully saturated rings. The fourth-order valence-corrected chi connectivity index (χ4v) is 6.21. The Bertz CT molecular complexity index is 1320. The maximum atomic E-state index is 13.2. The molecule has 8 nitrogen and oxygen atoms in total. The van der Waals surface area contributed by atoms with Gasteiger partial charge in [0.05, 0.1) is 34.5 Å². The first kappa shape index (κ1) is 24.6. The normalized spacial score (nSPS) is 27.0. The van der Waals surface area contributed by atoms with Gasteiger partial charge < -0.3 is 9.47 Å². The molecular formula is C30H32N2O6. The van der Waals surface area contributed by atoms with Crippen LogP contribution in [0.15, 0.2) is 36.4 Å². The van der Waals surface area contributed by atoms with E-state index in [0.717, 1.165) is 56.3 Å². The molecule has 2 aliphatic heterocycles. The summed E-state index contributed by atoms with van der Waals surface area (Å²) in [4.78, 5) is 53.1. The molecule has 0 bridgehead atoms. The maximum Gasteiger partial charge on any atom is 0.261 e. The Hall–Kier alpha value is -3.68. The number of fused-ring (bicyclic) bond motifs is 2. The van der Waals surface area contributed by atoms with Crippen LogP contribution in [0.5, 0.6) is 11.5 Å². The van der Waals surface area contributed by atoms with Gasteiger partial charge in [-0.1, -0.05) is 6.92 Å². The van der Waals surface area contributed by atoms with Crippen LogP contribution < -0.4 is 9.47 Å². The van der Waals surface area contributed by atoms with Crippen LogP contribution in [0.4, 0.5) is 0 Å². The number of benzene rings is 2. The van der Waals surface area contributed by atoms with Crippen LogP contribution in [0.3, 0.4) is 0 Å². The highest BCUT2D eigenvalue weighted by Gasteiger charge is 2.41. The van der Waals surface area contributed by atoms with Crippen LogP contribution in [0, 0.1) is 5.92 Å². The van der Waals surface area contributed by atoms with Gasteiger partial charge in [0.15, 0.2) is 0 Å². The lowest BCUT2D eigenvalue weighted by Gasteiger charge is -2.32. The summed E-state index contributed by atoms with van der Waals surface area (Å²) in [6.07, 6.45) is 6.94. The second kappa shape index (κ2) is 9.57. The van der Waals surface area contributed by atoms with Crippen molar-refractivity contribution in [3.05, 3.63) is 58.7 Å². The molecule has 38 heavy (non-hydrogen) atoms. The number of amides is 4. The zero-order chi connectivity index (χ0) is 26.6. The van der Waals surface area contributed by atoms with E-state index < -0.39 is 0 Å². The second-order valence-electron chi connectivity index (χ2n) is 11.1. The molecule has 0 saturated heterocycles. The first-order valence-corrected chi connectivity index (χ1v) is 13.6. The van der Waals surface area contributed by atoms with Crippen molar-refractivity contribution in [1.29, 1.82) is 0 Å². The Morgan fingerprint density at radius 1 is 0.605 bits per heavy atom. The van der Waals surface area contributed by atoms with E-state index in [1.807, 2.05) is 0 Å². The van der Waals surface area contributed by atoms with E-state index in [2.05, 4.69) is 6.92 Å². The molecule has 0 radical (unpaired) electrons. The van der Waals surface area contributed by atoms with Gasteiger partial charge in [-0.3, -0.25) is 29.0 Å². The van der Waals surface area contributed by atoms with Crippen LogP contribution >= 0.6 is 0 Å². The topological polar surface area (TPSA) is 93.2 Å². The number of imide groups is 2. The SMILES string of the molecule is CC1CCC(N2C(=O)c3ccc(OC4CCC(Oc5ccc6c(c5)C(=O)N(C)C6=O)CC4)cc3C2=O)CC1. The van der Waals surface area contributed by atoms with Gasteiger partial charge in [0.2, 0.25) is 0 Å². The van der Waals surface area contributed by atoms with Gasteiger partial charge in [0, 0.05) is 13.1 Å². The largest absolute Gasteiger partial charge is 0.490 e. The summed E-state index contributed by atoms with van der Waals surface area (Å²) >= 11 is 0. The smallest absolute Gasteiger partial charge is 0.261 e. The fraction of sp³-hybridized carbons (Fsp3) is 0.467. The first-order chi connectivity index (χ1) is 18.3. The lowest BCUT2D eigenvalue weighted by Crippen LogP contribution is -2.41. The van der Waals surface area contributed by atoms with Crippen molar-refractivity contribution in [1.82, 2.24) is 9.80 Å². The molecule has 2 aromatic rings. The summed E-state index contributed by atoms with van der Waals surface area (Å²) in [7, 11) is 1.48. The van der Waals surface area contributed by atoms with Crippen molar-refractivity contribution in [3.63, 3.8) is 0 Å². The predicted molar refractivity (Wildman–Crippen MR) is 139 cm³/mol. The highest BCUT2D eigenvalue weighted by molar-refractivity contribution is 6.22. The first-order valence-electron chi connectivity index (χ1n) is 13.6. The van der Waals surface area contributed by atoms with Gasteiger partial charge in [-0.05, 0) is 93.7 Å². The zero-order valence-corrected chi connectivity index (χ0v) is 21.8. The van der Waals surface area contributed by atoms with Crippen molar-refractivity contribution in [2.24, 2.45) is 5.92 Å². The molecule has 0 aromatic heterocycles. The second-order valence-corrected chi connectivity index (χ2v) is 11.1. The summed E-state index contributed by atoms with van der Waals surface area (Å²) in [6, 6.07) is 10.3. The Balaban J connectivity index is 1.05. The van der Waals surface area contributed by atoms with Crippen molar-refractivity contribution in [2.45, 2.75) is 76.5 Å². The van der Waals surface area contributed by atoms with Gasteiger partial charge in [-0.2, -0.15) is 0 Å². The molecule has 4 amide bonds. The summed E-state index contributed by atoms with van der Waals surface area (Å²) < 4.78 is 12.4. The maximum absolute atomic E-state index is 13.2. The number of hydrogen-bond donors (Lipinski definition) is 0. The van der Waals surface area contributed by atoms with Gasteiger partial charge in [-0.25, -0.2) is 0 Å². The molecule has 0 N–H and O–H groups in total. The Labute approximate surface area is 221 Å². The summed E-state index contributed by atoms with van der Waals surface area (Å²) in [5.74, 6) is 0.863. The third-order valence-electron chi connectivity index (χ3n) is 8.53. The van der Waals surface area contributed by atoms with E-state index in [-0.39, 0.29) is 41.9 Å². The summed E-state index contributed by atoms with van der Waals surface area (Å²) in [5, 5.41) is 0. The highest BCUT2D eigenvalue weighted by Crippen LogP contribution is 2.35. The molecule has 6 rings (SSSR count). The van der Waals surface area contributed by atoms with Crippen LogP contribution in [0.2, 0.25) is 0 Å². The Morgan fingerprint density at radius 2 is 1.05 bits per heavy atom. The van der Waals surface area contributed by atoms with Crippen molar-refractivity contribution < 1.29 is 28.7 Å².